The first-order valence-electron chi connectivity index (χ1n) is 12.0. The maximum absolute atomic E-state index is 6.09. The molecule has 5 heteroatoms. The Morgan fingerprint density at radius 2 is 1.61 bits per heavy atom. The molecule has 0 saturated carbocycles. The molecule has 0 unspecified atom stereocenters. The standard InChI is InChI=1S/C26H36N2O3/c1-2-8-16-28(17-9-3-1)18-10-7-13-23-14-15-24(25(27-23)26-29-19-20-30-26)31-21-22-11-5-4-6-12-22/h4-6,11-12,14-15,26H,1-3,7-10,13,16-21H2. The predicted octanol–water partition coefficient (Wildman–Crippen LogP) is 5.29. The molecule has 2 aromatic rings. The first kappa shape index (κ1) is 22.3. The molecule has 1 aromatic carbocycles. The van der Waals surface area contributed by atoms with E-state index in [1.54, 1.807) is 0 Å². The number of hydrogen-bond acceptors (Lipinski definition) is 5. The Morgan fingerprint density at radius 3 is 2.39 bits per heavy atom. The fraction of sp³-hybridized carbons (Fsp3) is 0.577. The first-order chi connectivity index (χ1) is 15.4. The van der Waals surface area contributed by atoms with Crippen molar-refractivity contribution in [2.75, 3.05) is 32.8 Å². The van der Waals surface area contributed by atoms with Gasteiger partial charge in [0.15, 0.2) is 0 Å². The summed E-state index contributed by atoms with van der Waals surface area (Å²) in [4.78, 5) is 7.54. The van der Waals surface area contributed by atoms with E-state index >= 15 is 0 Å². The number of rotatable bonds is 9. The van der Waals surface area contributed by atoms with Crippen LogP contribution in [0.2, 0.25) is 0 Å². The van der Waals surface area contributed by atoms with Gasteiger partial charge in [-0.2, -0.15) is 0 Å². The summed E-state index contributed by atoms with van der Waals surface area (Å²) in [6.07, 6.45) is 9.85. The quantitative estimate of drug-likeness (QED) is 0.512. The van der Waals surface area contributed by atoms with E-state index in [1.807, 2.05) is 24.3 Å². The lowest BCUT2D eigenvalue weighted by molar-refractivity contribution is -0.0493. The molecular formula is C26H36N2O3. The average Bonchev–Trinajstić information content (AvgIpc) is 3.32. The number of benzene rings is 1. The summed E-state index contributed by atoms with van der Waals surface area (Å²) >= 11 is 0. The number of likely N-dealkylation sites (tertiary alicyclic amines) is 1. The molecule has 1 aromatic heterocycles. The van der Waals surface area contributed by atoms with Gasteiger partial charge in [0.1, 0.15) is 18.1 Å². The van der Waals surface area contributed by atoms with Crippen molar-refractivity contribution in [3.8, 4) is 5.75 Å². The lowest BCUT2D eigenvalue weighted by Crippen LogP contribution is -2.28. The Balaban J connectivity index is 1.31. The van der Waals surface area contributed by atoms with E-state index in [1.165, 1.54) is 58.2 Å². The minimum Gasteiger partial charge on any atom is -0.487 e. The Hall–Kier alpha value is -1.95. The number of nitrogens with zero attached hydrogens (tertiary/aromatic N) is 2. The molecule has 2 fully saturated rings. The summed E-state index contributed by atoms with van der Waals surface area (Å²) < 4.78 is 17.6. The van der Waals surface area contributed by atoms with E-state index in [2.05, 4.69) is 23.1 Å². The van der Waals surface area contributed by atoms with Crippen molar-refractivity contribution in [1.82, 2.24) is 9.88 Å². The number of pyridine rings is 1. The van der Waals surface area contributed by atoms with Crippen LogP contribution in [0.25, 0.3) is 0 Å². The smallest absolute Gasteiger partial charge is 0.205 e. The molecule has 168 valence electrons. The molecule has 0 radical (unpaired) electrons. The lowest BCUT2D eigenvalue weighted by Gasteiger charge is -2.24. The van der Waals surface area contributed by atoms with Crippen molar-refractivity contribution in [3.63, 3.8) is 0 Å². The number of aryl methyl sites for hydroxylation is 1. The fourth-order valence-electron chi connectivity index (χ4n) is 4.36. The molecule has 5 nitrogen and oxygen atoms in total. The molecule has 4 rings (SSSR count). The van der Waals surface area contributed by atoms with E-state index in [0.717, 1.165) is 35.5 Å². The van der Waals surface area contributed by atoms with Crippen LogP contribution >= 0.6 is 0 Å². The SMILES string of the molecule is c1ccc(COc2ccc(CCCCN3CCCCCCC3)nc2C2OCCO2)cc1. The van der Waals surface area contributed by atoms with Crippen LogP contribution in [0.3, 0.4) is 0 Å². The Labute approximate surface area is 186 Å². The van der Waals surface area contributed by atoms with E-state index < -0.39 is 6.29 Å². The van der Waals surface area contributed by atoms with Gasteiger partial charge in [-0.3, -0.25) is 0 Å². The third-order valence-corrected chi connectivity index (χ3v) is 6.13. The van der Waals surface area contributed by atoms with Crippen molar-refractivity contribution in [1.29, 1.82) is 0 Å². The fourth-order valence-corrected chi connectivity index (χ4v) is 4.36. The summed E-state index contributed by atoms with van der Waals surface area (Å²) in [5.74, 6) is 0.750. The highest BCUT2D eigenvalue weighted by molar-refractivity contribution is 5.31. The summed E-state index contributed by atoms with van der Waals surface area (Å²) in [5, 5.41) is 0. The Kier molecular flexibility index (Phi) is 8.74. The third-order valence-electron chi connectivity index (χ3n) is 6.13. The second kappa shape index (κ2) is 12.2. The van der Waals surface area contributed by atoms with Gasteiger partial charge < -0.3 is 19.1 Å². The van der Waals surface area contributed by atoms with E-state index in [4.69, 9.17) is 19.2 Å². The van der Waals surface area contributed by atoms with Gasteiger partial charge in [0.05, 0.1) is 13.2 Å². The molecule has 0 spiro atoms. The second-order valence-electron chi connectivity index (χ2n) is 8.60. The zero-order valence-corrected chi connectivity index (χ0v) is 18.6. The molecule has 0 N–H and O–H groups in total. The van der Waals surface area contributed by atoms with E-state index in [-0.39, 0.29) is 0 Å². The molecular weight excluding hydrogens is 388 g/mol. The van der Waals surface area contributed by atoms with Crippen molar-refractivity contribution >= 4 is 0 Å². The van der Waals surface area contributed by atoms with Gasteiger partial charge in [-0.1, -0.05) is 49.6 Å². The number of unbranched alkanes of at least 4 members (excludes halogenated alkanes) is 1. The summed E-state index contributed by atoms with van der Waals surface area (Å²) in [6.45, 7) is 5.46. The maximum Gasteiger partial charge on any atom is 0.205 e. The van der Waals surface area contributed by atoms with Gasteiger partial charge in [-0.15, -0.1) is 0 Å². The normalized spacial score (nSPS) is 18.6. The molecule has 0 aliphatic carbocycles. The zero-order chi connectivity index (χ0) is 21.1. The van der Waals surface area contributed by atoms with Gasteiger partial charge >= 0.3 is 0 Å². The lowest BCUT2D eigenvalue weighted by atomic mass is 10.1. The maximum atomic E-state index is 6.09. The third kappa shape index (κ3) is 7.03. The van der Waals surface area contributed by atoms with Crippen LogP contribution in [0.15, 0.2) is 42.5 Å². The minimum atomic E-state index is -0.424. The Morgan fingerprint density at radius 1 is 0.871 bits per heavy atom. The van der Waals surface area contributed by atoms with Gasteiger partial charge in [0.2, 0.25) is 6.29 Å². The number of ether oxygens (including phenoxy) is 3. The van der Waals surface area contributed by atoms with Crippen LogP contribution in [0.5, 0.6) is 5.75 Å². The summed E-state index contributed by atoms with van der Waals surface area (Å²) in [7, 11) is 0. The zero-order valence-electron chi connectivity index (χ0n) is 18.6. The Bertz CT molecular complexity index is 769. The van der Waals surface area contributed by atoms with Crippen molar-refractivity contribution in [2.24, 2.45) is 0 Å². The van der Waals surface area contributed by atoms with Gasteiger partial charge in [-0.25, -0.2) is 4.98 Å². The molecule has 2 aliphatic heterocycles. The molecule has 2 saturated heterocycles. The van der Waals surface area contributed by atoms with Crippen molar-refractivity contribution in [3.05, 3.63) is 59.4 Å². The molecule has 0 bridgehead atoms. The predicted molar refractivity (Wildman–Crippen MR) is 122 cm³/mol. The molecule has 2 aliphatic rings. The van der Waals surface area contributed by atoms with Crippen LogP contribution in [0.4, 0.5) is 0 Å². The molecule has 31 heavy (non-hydrogen) atoms. The number of hydrogen-bond donors (Lipinski definition) is 0. The van der Waals surface area contributed by atoms with Gasteiger partial charge in [0, 0.05) is 5.69 Å². The van der Waals surface area contributed by atoms with Crippen LogP contribution in [0.1, 0.15) is 68.2 Å². The van der Waals surface area contributed by atoms with E-state index in [0.29, 0.717) is 19.8 Å². The van der Waals surface area contributed by atoms with Crippen LogP contribution in [0, 0.1) is 0 Å². The molecule has 3 heterocycles. The van der Waals surface area contributed by atoms with Crippen LogP contribution < -0.4 is 4.74 Å². The highest BCUT2D eigenvalue weighted by Crippen LogP contribution is 2.30. The van der Waals surface area contributed by atoms with Crippen LogP contribution in [-0.2, 0) is 22.5 Å². The topological polar surface area (TPSA) is 43.8 Å². The van der Waals surface area contributed by atoms with Crippen molar-refractivity contribution < 1.29 is 14.2 Å². The monoisotopic (exact) mass is 424 g/mol. The minimum absolute atomic E-state index is 0.424. The highest BCUT2D eigenvalue weighted by atomic mass is 16.7. The van der Waals surface area contributed by atoms with Crippen LogP contribution in [-0.4, -0.2) is 42.7 Å². The van der Waals surface area contributed by atoms with Gasteiger partial charge in [0.25, 0.3) is 0 Å². The molecule has 0 amide bonds. The highest BCUT2D eigenvalue weighted by Gasteiger charge is 2.24. The summed E-state index contributed by atoms with van der Waals surface area (Å²) in [6, 6.07) is 14.3. The number of aromatic nitrogens is 1. The van der Waals surface area contributed by atoms with Crippen molar-refractivity contribution in [2.45, 2.75) is 64.3 Å². The second-order valence-corrected chi connectivity index (χ2v) is 8.60. The van der Waals surface area contributed by atoms with Gasteiger partial charge in [-0.05, 0) is 69.4 Å². The van der Waals surface area contributed by atoms with E-state index in [9.17, 15) is 0 Å². The molecule has 0 atom stereocenters. The average molecular weight is 425 g/mol. The largest absolute Gasteiger partial charge is 0.487 e. The first-order valence-corrected chi connectivity index (χ1v) is 12.0. The summed E-state index contributed by atoms with van der Waals surface area (Å²) in [5.41, 5.74) is 3.00.